The summed E-state index contributed by atoms with van der Waals surface area (Å²) in [4.78, 5) is 9.74. The van der Waals surface area contributed by atoms with Gasteiger partial charge in [-0.3, -0.25) is 0 Å². The van der Waals surface area contributed by atoms with E-state index >= 15 is 0 Å². The predicted octanol–water partition coefficient (Wildman–Crippen LogP) is 3.31. The zero-order chi connectivity index (χ0) is 14.7. The number of methoxy groups -OCH3 is 1. The van der Waals surface area contributed by atoms with Crippen LogP contribution in [-0.2, 0) is 0 Å². The highest BCUT2D eigenvalue weighted by atomic mass is 32.2. The zero-order valence-corrected chi connectivity index (χ0v) is 12.9. The fourth-order valence-corrected chi connectivity index (χ4v) is 3.14. The minimum absolute atomic E-state index is 0.612. The molecule has 1 unspecified atom stereocenters. The molecule has 0 bridgehead atoms. The van der Waals surface area contributed by atoms with Crippen molar-refractivity contribution >= 4 is 11.8 Å². The molecule has 0 aliphatic heterocycles. The van der Waals surface area contributed by atoms with Crippen molar-refractivity contribution in [3.05, 3.63) is 41.2 Å². The summed E-state index contributed by atoms with van der Waals surface area (Å²) in [5.41, 5.74) is 2.63. The van der Waals surface area contributed by atoms with E-state index in [0.29, 0.717) is 10.9 Å². The molecule has 0 radical (unpaired) electrons. The molecule has 106 valence electrons. The second-order valence-electron chi connectivity index (χ2n) is 4.58. The van der Waals surface area contributed by atoms with Gasteiger partial charge in [-0.1, -0.05) is 6.07 Å². The first-order valence-electron chi connectivity index (χ1n) is 6.36. The van der Waals surface area contributed by atoms with Crippen LogP contribution in [0.5, 0.6) is 5.75 Å². The van der Waals surface area contributed by atoms with Crippen LogP contribution < -0.4 is 4.74 Å². The summed E-state index contributed by atoms with van der Waals surface area (Å²) in [5.74, 6) is 0.675. The number of ether oxygens (including phenoxy) is 1. The molecule has 0 spiro atoms. The summed E-state index contributed by atoms with van der Waals surface area (Å²) < 4.78 is 5.32. The van der Waals surface area contributed by atoms with E-state index in [4.69, 9.17) is 4.74 Å². The van der Waals surface area contributed by atoms with Crippen molar-refractivity contribution < 1.29 is 9.84 Å². The van der Waals surface area contributed by atoms with E-state index in [0.717, 1.165) is 21.8 Å². The minimum atomic E-state index is -0.612. The number of aryl methyl sites for hydroxylation is 2. The highest BCUT2D eigenvalue weighted by Crippen LogP contribution is 2.37. The van der Waals surface area contributed by atoms with Crippen LogP contribution in [0.1, 0.15) is 30.0 Å². The molecule has 0 amide bonds. The van der Waals surface area contributed by atoms with Crippen LogP contribution in [0.2, 0.25) is 0 Å². The molecular weight excluding hydrogens is 272 g/mol. The highest BCUT2D eigenvalue weighted by molar-refractivity contribution is 7.99. The number of benzene rings is 1. The van der Waals surface area contributed by atoms with Gasteiger partial charge < -0.3 is 9.84 Å². The second kappa shape index (κ2) is 6.24. The van der Waals surface area contributed by atoms with E-state index in [2.05, 4.69) is 9.97 Å². The Labute approximate surface area is 123 Å². The molecule has 0 aliphatic rings. The SMILES string of the molecule is COc1cccc(Sc2nc(C)cc(C)n2)c1C(C)O. The van der Waals surface area contributed by atoms with Gasteiger partial charge in [0.05, 0.1) is 13.2 Å². The minimum Gasteiger partial charge on any atom is -0.496 e. The lowest BCUT2D eigenvalue weighted by atomic mass is 10.1. The molecule has 2 aromatic rings. The molecule has 0 aliphatic carbocycles. The fourth-order valence-electron chi connectivity index (χ4n) is 2.04. The number of aliphatic hydroxyl groups excluding tert-OH is 1. The summed E-state index contributed by atoms with van der Waals surface area (Å²) in [6, 6.07) is 7.62. The molecule has 1 aromatic carbocycles. The van der Waals surface area contributed by atoms with Gasteiger partial charge in [-0.05, 0) is 50.7 Å². The maximum Gasteiger partial charge on any atom is 0.192 e. The second-order valence-corrected chi connectivity index (χ2v) is 5.59. The van der Waals surface area contributed by atoms with Crippen LogP contribution in [-0.4, -0.2) is 22.2 Å². The van der Waals surface area contributed by atoms with Gasteiger partial charge in [-0.25, -0.2) is 9.97 Å². The smallest absolute Gasteiger partial charge is 0.192 e. The summed E-state index contributed by atoms with van der Waals surface area (Å²) in [6.45, 7) is 5.62. The van der Waals surface area contributed by atoms with Gasteiger partial charge in [0.15, 0.2) is 5.16 Å². The van der Waals surface area contributed by atoms with Gasteiger partial charge in [0.1, 0.15) is 5.75 Å². The Balaban J connectivity index is 2.42. The average Bonchev–Trinajstić information content (AvgIpc) is 2.36. The molecule has 1 heterocycles. The van der Waals surface area contributed by atoms with Crippen LogP contribution in [0.4, 0.5) is 0 Å². The average molecular weight is 290 g/mol. The lowest BCUT2D eigenvalue weighted by molar-refractivity contribution is 0.191. The van der Waals surface area contributed by atoms with Gasteiger partial charge in [-0.15, -0.1) is 0 Å². The Hall–Kier alpha value is -1.59. The van der Waals surface area contributed by atoms with Crippen molar-refractivity contribution in [1.82, 2.24) is 9.97 Å². The molecule has 0 saturated heterocycles. The van der Waals surface area contributed by atoms with E-state index in [-0.39, 0.29) is 0 Å². The van der Waals surface area contributed by atoms with E-state index in [1.807, 2.05) is 38.1 Å². The molecule has 20 heavy (non-hydrogen) atoms. The van der Waals surface area contributed by atoms with Crippen molar-refractivity contribution in [2.24, 2.45) is 0 Å². The number of aromatic nitrogens is 2. The van der Waals surface area contributed by atoms with Crippen LogP contribution in [0.25, 0.3) is 0 Å². The van der Waals surface area contributed by atoms with Crippen molar-refractivity contribution in [1.29, 1.82) is 0 Å². The molecule has 1 atom stereocenters. The van der Waals surface area contributed by atoms with Crippen molar-refractivity contribution in [2.75, 3.05) is 7.11 Å². The third kappa shape index (κ3) is 3.29. The number of hydrogen-bond acceptors (Lipinski definition) is 5. The van der Waals surface area contributed by atoms with Crippen molar-refractivity contribution in [2.45, 2.75) is 36.9 Å². The van der Waals surface area contributed by atoms with Gasteiger partial charge in [0.25, 0.3) is 0 Å². The number of nitrogens with zero attached hydrogens (tertiary/aromatic N) is 2. The largest absolute Gasteiger partial charge is 0.496 e. The fraction of sp³-hybridized carbons (Fsp3) is 0.333. The van der Waals surface area contributed by atoms with Gasteiger partial charge >= 0.3 is 0 Å². The topological polar surface area (TPSA) is 55.2 Å². The van der Waals surface area contributed by atoms with Crippen molar-refractivity contribution in [3.8, 4) is 5.75 Å². The van der Waals surface area contributed by atoms with Crippen LogP contribution in [0, 0.1) is 13.8 Å². The standard InChI is InChI=1S/C15H18N2O2S/c1-9-8-10(2)17-15(16-9)20-13-7-5-6-12(19-4)14(13)11(3)18/h5-8,11,18H,1-4H3. The number of hydrogen-bond donors (Lipinski definition) is 1. The lowest BCUT2D eigenvalue weighted by Crippen LogP contribution is -2.00. The monoisotopic (exact) mass is 290 g/mol. The summed E-state index contributed by atoms with van der Waals surface area (Å²) in [5, 5.41) is 10.6. The highest BCUT2D eigenvalue weighted by Gasteiger charge is 2.16. The molecule has 5 heteroatoms. The lowest BCUT2D eigenvalue weighted by Gasteiger charge is -2.15. The summed E-state index contributed by atoms with van der Waals surface area (Å²) in [7, 11) is 1.60. The third-order valence-corrected chi connectivity index (χ3v) is 3.77. The van der Waals surface area contributed by atoms with Crippen LogP contribution >= 0.6 is 11.8 Å². The number of rotatable bonds is 4. The van der Waals surface area contributed by atoms with Crippen LogP contribution in [0.15, 0.2) is 34.3 Å². The third-order valence-electron chi connectivity index (χ3n) is 2.83. The first-order chi connectivity index (χ1) is 9.51. The van der Waals surface area contributed by atoms with Gasteiger partial charge in [0.2, 0.25) is 0 Å². The Morgan fingerprint density at radius 1 is 1.20 bits per heavy atom. The Kier molecular flexibility index (Phi) is 4.62. The Morgan fingerprint density at radius 2 is 1.85 bits per heavy atom. The maximum absolute atomic E-state index is 9.97. The Bertz CT molecular complexity index is 595. The maximum atomic E-state index is 9.97. The van der Waals surface area contributed by atoms with E-state index in [1.54, 1.807) is 14.0 Å². The molecular formula is C15H18N2O2S. The molecule has 4 nitrogen and oxygen atoms in total. The normalized spacial score (nSPS) is 12.2. The predicted molar refractivity (Wildman–Crippen MR) is 79.3 cm³/mol. The zero-order valence-electron chi connectivity index (χ0n) is 12.0. The summed E-state index contributed by atoms with van der Waals surface area (Å²) >= 11 is 1.44. The molecule has 1 N–H and O–H groups in total. The van der Waals surface area contributed by atoms with Gasteiger partial charge in [-0.2, -0.15) is 0 Å². The first-order valence-corrected chi connectivity index (χ1v) is 7.18. The van der Waals surface area contributed by atoms with Crippen molar-refractivity contribution in [3.63, 3.8) is 0 Å². The van der Waals surface area contributed by atoms with E-state index < -0.39 is 6.10 Å². The van der Waals surface area contributed by atoms with Crippen LogP contribution in [0.3, 0.4) is 0 Å². The van der Waals surface area contributed by atoms with Gasteiger partial charge in [0, 0.05) is 21.8 Å². The summed E-state index contributed by atoms with van der Waals surface area (Å²) in [6.07, 6.45) is -0.612. The molecule has 1 aromatic heterocycles. The quantitative estimate of drug-likeness (QED) is 0.876. The Morgan fingerprint density at radius 3 is 2.40 bits per heavy atom. The van der Waals surface area contributed by atoms with E-state index in [9.17, 15) is 5.11 Å². The molecule has 0 saturated carbocycles. The van der Waals surface area contributed by atoms with E-state index in [1.165, 1.54) is 11.8 Å². The molecule has 2 rings (SSSR count). The first kappa shape index (κ1) is 14.8. The number of aliphatic hydroxyl groups is 1. The molecule has 0 fully saturated rings.